The summed E-state index contributed by atoms with van der Waals surface area (Å²) in [6.07, 6.45) is 0.841. The maximum absolute atomic E-state index is 12.4. The van der Waals surface area contributed by atoms with Gasteiger partial charge in [-0.15, -0.1) is 0 Å². The fourth-order valence-corrected chi connectivity index (χ4v) is 3.69. The lowest BCUT2D eigenvalue weighted by atomic mass is 9.92. The molecular formula is C20H30N2O5. The van der Waals surface area contributed by atoms with Gasteiger partial charge in [0, 0.05) is 18.8 Å². The minimum atomic E-state index is -0.648. The van der Waals surface area contributed by atoms with Crippen LogP contribution in [0.25, 0.3) is 0 Å². The van der Waals surface area contributed by atoms with Crippen molar-refractivity contribution in [1.82, 2.24) is 9.88 Å². The molecule has 2 unspecified atom stereocenters. The summed E-state index contributed by atoms with van der Waals surface area (Å²) in [5.41, 5.74) is 1.52. The quantitative estimate of drug-likeness (QED) is 0.796. The van der Waals surface area contributed by atoms with Gasteiger partial charge in [-0.3, -0.25) is 4.79 Å². The first-order chi connectivity index (χ1) is 12.6. The van der Waals surface area contributed by atoms with Crippen LogP contribution in [0.1, 0.15) is 66.2 Å². The molecule has 0 bridgehead atoms. The second-order valence-corrected chi connectivity index (χ2v) is 7.90. The number of nitrogens with one attached hydrogen (secondary N) is 1. The SMILES string of the molecule is Cc1[nH]c(C(=O)OCC(=O)N2CC(C)CC(C)C2)c(C)c1C(=O)OC(C)C. The Bertz CT molecular complexity index is 712. The van der Waals surface area contributed by atoms with E-state index >= 15 is 0 Å². The van der Waals surface area contributed by atoms with Gasteiger partial charge in [0.05, 0.1) is 11.7 Å². The Morgan fingerprint density at radius 2 is 1.70 bits per heavy atom. The van der Waals surface area contributed by atoms with Crippen LogP contribution in [0.15, 0.2) is 0 Å². The summed E-state index contributed by atoms with van der Waals surface area (Å²) in [4.78, 5) is 41.6. The van der Waals surface area contributed by atoms with Crippen LogP contribution in [0.2, 0.25) is 0 Å². The van der Waals surface area contributed by atoms with Crippen LogP contribution in [-0.2, 0) is 14.3 Å². The van der Waals surface area contributed by atoms with Crippen molar-refractivity contribution in [2.45, 2.75) is 54.1 Å². The van der Waals surface area contributed by atoms with E-state index in [2.05, 4.69) is 18.8 Å². The minimum absolute atomic E-state index is 0.177. The monoisotopic (exact) mass is 378 g/mol. The van der Waals surface area contributed by atoms with Gasteiger partial charge in [0.25, 0.3) is 5.91 Å². The lowest BCUT2D eigenvalue weighted by Gasteiger charge is -2.34. The minimum Gasteiger partial charge on any atom is -0.459 e. The Morgan fingerprint density at radius 3 is 2.26 bits per heavy atom. The molecule has 2 rings (SSSR count). The Balaban J connectivity index is 2.02. The van der Waals surface area contributed by atoms with E-state index in [0.717, 1.165) is 6.42 Å². The van der Waals surface area contributed by atoms with Gasteiger partial charge in [-0.25, -0.2) is 9.59 Å². The van der Waals surface area contributed by atoms with Crippen LogP contribution < -0.4 is 0 Å². The van der Waals surface area contributed by atoms with Crippen LogP contribution in [0.5, 0.6) is 0 Å². The van der Waals surface area contributed by atoms with Crippen molar-refractivity contribution >= 4 is 17.8 Å². The van der Waals surface area contributed by atoms with E-state index in [1.54, 1.807) is 32.6 Å². The van der Waals surface area contributed by atoms with E-state index < -0.39 is 11.9 Å². The normalized spacial score (nSPS) is 19.9. The standard InChI is InChI=1S/C20H30N2O5/c1-11(2)27-19(24)17-14(5)18(21-15(17)6)20(25)26-10-16(23)22-8-12(3)7-13(4)9-22/h11-13,21H,7-10H2,1-6H3. The van der Waals surface area contributed by atoms with E-state index in [4.69, 9.17) is 9.47 Å². The second-order valence-electron chi connectivity index (χ2n) is 7.90. The van der Waals surface area contributed by atoms with Gasteiger partial charge in [0.2, 0.25) is 0 Å². The summed E-state index contributed by atoms with van der Waals surface area (Å²) in [5.74, 6) is -0.442. The molecule has 0 spiro atoms. The van der Waals surface area contributed by atoms with Crippen molar-refractivity contribution < 1.29 is 23.9 Å². The molecule has 1 fully saturated rings. The van der Waals surface area contributed by atoms with Crippen molar-refractivity contribution in [2.75, 3.05) is 19.7 Å². The molecular weight excluding hydrogens is 348 g/mol. The molecule has 1 N–H and O–H groups in total. The zero-order valence-corrected chi connectivity index (χ0v) is 17.0. The molecule has 7 nitrogen and oxygen atoms in total. The van der Waals surface area contributed by atoms with E-state index in [-0.39, 0.29) is 24.3 Å². The first-order valence-electron chi connectivity index (χ1n) is 9.45. The number of H-pyrrole nitrogens is 1. The number of hydrogen-bond donors (Lipinski definition) is 1. The lowest BCUT2D eigenvalue weighted by Crippen LogP contribution is -2.44. The molecule has 0 radical (unpaired) electrons. The topological polar surface area (TPSA) is 88.7 Å². The number of hydrogen-bond acceptors (Lipinski definition) is 5. The number of aryl methyl sites for hydroxylation is 1. The van der Waals surface area contributed by atoms with Gasteiger partial charge in [-0.1, -0.05) is 13.8 Å². The molecule has 1 aromatic rings. The average Bonchev–Trinajstić information content (AvgIpc) is 2.85. The third-order valence-electron chi connectivity index (χ3n) is 4.74. The number of aromatic amines is 1. The number of ether oxygens (including phenoxy) is 2. The lowest BCUT2D eigenvalue weighted by molar-refractivity contribution is -0.137. The van der Waals surface area contributed by atoms with Gasteiger partial charge in [-0.2, -0.15) is 0 Å². The summed E-state index contributed by atoms with van der Waals surface area (Å²) >= 11 is 0. The molecule has 7 heteroatoms. The fourth-order valence-electron chi connectivity index (χ4n) is 3.69. The van der Waals surface area contributed by atoms with Gasteiger partial charge in [-0.05, 0) is 51.5 Å². The first kappa shape index (κ1) is 21.0. The average molecular weight is 378 g/mol. The molecule has 27 heavy (non-hydrogen) atoms. The van der Waals surface area contributed by atoms with Gasteiger partial charge >= 0.3 is 11.9 Å². The molecule has 2 atom stereocenters. The molecule has 0 aliphatic carbocycles. The van der Waals surface area contributed by atoms with Crippen LogP contribution in [-0.4, -0.2) is 53.5 Å². The summed E-state index contributed by atoms with van der Waals surface area (Å²) < 4.78 is 10.4. The van der Waals surface area contributed by atoms with Crippen molar-refractivity contribution in [3.63, 3.8) is 0 Å². The third kappa shape index (κ3) is 5.11. The second kappa shape index (κ2) is 8.59. The predicted molar refractivity (Wildman–Crippen MR) is 101 cm³/mol. The Hall–Kier alpha value is -2.31. The summed E-state index contributed by atoms with van der Waals surface area (Å²) in [7, 11) is 0. The summed E-state index contributed by atoms with van der Waals surface area (Å²) in [6, 6.07) is 0. The van der Waals surface area contributed by atoms with Crippen LogP contribution >= 0.6 is 0 Å². The highest BCUT2D eigenvalue weighted by Gasteiger charge is 2.28. The molecule has 150 valence electrons. The van der Waals surface area contributed by atoms with Crippen molar-refractivity contribution in [2.24, 2.45) is 11.8 Å². The maximum Gasteiger partial charge on any atom is 0.355 e. The smallest absolute Gasteiger partial charge is 0.355 e. The largest absolute Gasteiger partial charge is 0.459 e. The molecule has 1 aliphatic rings. The van der Waals surface area contributed by atoms with E-state index in [1.165, 1.54) is 0 Å². The number of esters is 2. The molecule has 0 saturated carbocycles. The molecule has 2 heterocycles. The van der Waals surface area contributed by atoms with E-state index in [0.29, 0.717) is 41.7 Å². The number of aromatic nitrogens is 1. The molecule has 1 aliphatic heterocycles. The number of likely N-dealkylation sites (tertiary alicyclic amines) is 1. The molecule has 0 aromatic carbocycles. The van der Waals surface area contributed by atoms with Crippen LogP contribution in [0, 0.1) is 25.7 Å². The van der Waals surface area contributed by atoms with Crippen molar-refractivity contribution in [3.8, 4) is 0 Å². The number of rotatable bonds is 5. The van der Waals surface area contributed by atoms with Crippen molar-refractivity contribution in [3.05, 3.63) is 22.5 Å². The number of piperidine rings is 1. The molecule has 1 saturated heterocycles. The maximum atomic E-state index is 12.4. The Kier molecular flexibility index (Phi) is 6.68. The number of amides is 1. The number of carbonyl (C=O) groups excluding carboxylic acids is 3. The molecule has 1 aromatic heterocycles. The van der Waals surface area contributed by atoms with Crippen molar-refractivity contribution in [1.29, 1.82) is 0 Å². The van der Waals surface area contributed by atoms with E-state index in [1.807, 2.05) is 0 Å². The summed E-state index contributed by atoms with van der Waals surface area (Å²) in [6.45, 7) is 12.2. The van der Waals surface area contributed by atoms with Crippen LogP contribution in [0.3, 0.4) is 0 Å². The van der Waals surface area contributed by atoms with E-state index in [9.17, 15) is 14.4 Å². The highest BCUT2D eigenvalue weighted by Crippen LogP contribution is 2.22. The zero-order chi connectivity index (χ0) is 20.3. The third-order valence-corrected chi connectivity index (χ3v) is 4.74. The highest BCUT2D eigenvalue weighted by molar-refractivity contribution is 5.99. The Labute approximate surface area is 160 Å². The first-order valence-corrected chi connectivity index (χ1v) is 9.45. The van der Waals surface area contributed by atoms with Gasteiger partial charge in [0.1, 0.15) is 5.69 Å². The Morgan fingerprint density at radius 1 is 1.11 bits per heavy atom. The van der Waals surface area contributed by atoms with Crippen LogP contribution in [0.4, 0.5) is 0 Å². The van der Waals surface area contributed by atoms with Gasteiger partial charge in [0.15, 0.2) is 6.61 Å². The predicted octanol–water partition coefficient (Wildman–Crippen LogP) is 2.86. The van der Waals surface area contributed by atoms with Gasteiger partial charge < -0.3 is 19.4 Å². The highest BCUT2D eigenvalue weighted by atomic mass is 16.5. The number of nitrogens with zero attached hydrogens (tertiary/aromatic N) is 1. The fraction of sp³-hybridized carbons (Fsp3) is 0.650. The zero-order valence-electron chi connectivity index (χ0n) is 17.0. The molecule has 1 amide bonds. The summed E-state index contributed by atoms with van der Waals surface area (Å²) in [5, 5.41) is 0. The number of carbonyl (C=O) groups is 3.